The highest BCUT2D eigenvalue weighted by Crippen LogP contribution is 2.09. The second-order valence-electron chi connectivity index (χ2n) is 1.81. The van der Waals surface area contributed by atoms with Gasteiger partial charge in [0.05, 0.1) is 7.57 Å². The first-order chi connectivity index (χ1) is 5.27. The van der Waals surface area contributed by atoms with Crippen LogP contribution in [-0.4, -0.2) is 14.6 Å². The third-order valence-electron chi connectivity index (χ3n) is 1.19. The Bertz CT molecular complexity index is 398. The lowest BCUT2D eigenvalue weighted by Crippen LogP contribution is -1.88. The lowest BCUT2D eigenvalue weighted by molar-refractivity contribution is 0.916. The maximum Gasteiger partial charge on any atom is 0.154 e. The summed E-state index contributed by atoms with van der Waals surface area (Å²) in [5.41, 5.74) is 0.743. The molecule has 0 radical (unpaired) electrons. The molecule has 0 saturated heterocycles. The molecule has 0 bridgehead atoms. The van der Waals surface area contributed by atoms with Crippen molar-refractivity contribution < 1.29 is 1.37 Å². The minimum absolute atomic E-state index is 0.233. The topological polar surface area (TPSA) is 30.2 Å². The first kappa shape index (κ1) is 4.85. The van der Waals surface area contributed by atoms with Crippen LogP contribution in [-0.2, 0) is 0 Å². The van der Waals surface area contributed by atoms with Crippen LogP contribution in [0.25, 0.3) is 5.65 Å². The van der Waals surface area contributed by atoms with E-state index in [0.29, 0.717) is 0 Å². The molecule has 3 nitrogen and oxygen atoms in total. The Hall–Kier alpha value is -0.900. The van der Waals surface area contributed by atoms with Crippen molar-refractivity contribution in [1.29, 1.82) is 0 Å². The molecule has 4 heteroatoms. The van der Waals surface area contributed by atoms with Crippen LogP contribution < -0.4 is 0 Å². The van der Waals surface area contributed by atoms with Crippen molar-refractivity contribution in [2.24, 2.45) is 0 Å². The van der Waals surface area contributed by atoms with Crippen molar-refractivity contribution in [3.63, 3.8) is 0 Å². The van der Waals surface area contributed by atoms with Crippen LogP contribution in [0.3, 0.4) is 0 Å². The van der Waals surface area contributed by atoms with E-state index >= 15 is 0 Å². The Kier molecular flexibility index (Phi) is 0.995. The Labute approximate surface area is 67.2 Å². The van der Waals surface area contributed by atoms with Gasteiger partial charge in [-0.05, 0) is 28.1 Å². The lowest BCUT2D eigenvalue weighted by Gasteiger charge is -1.88. The van der Waals surface area contributed by atoms with E-state index in [0.717, 1.165) is 10.3 Å². The fraction of sp³-hybridized carbons (Fsp3) is 0. The summed E-state index contributed by atoms with van der Waals surface area (Å²) in [5.74, 6) is 0. The van der Waals surface area contributed by atoms with Gasteiger partial charge >= 0.3 is 0 Å². The summed E-state index contributed by atoms with van der Waals surface area (Å²) in [6, 6.07) is 3.36. The van der Waals surface area contributed by atoms with Crippen molar-refractivity contribution in [3.05, 3.63) is 29.1 Å². The number of rotatable bonds is 0. The van der Waals surface area contributed by atoms with Crippen LogP contribution in [0.15, 0.2) is 29.1 Å². The third kappa shape index (κ3) is 0.724. The van der Waals surface area contributed by atoms with E-state index in [1.165, 1.54) is 0 Å². The molecule has 10 heavy (non-hydrogen) atoms. The van der Waals surface area contributed by atoms with Crippen molar-refractivity contribution in [3.8, 4) is 0 Å². The molecule has 0 amide bonds. The predicted molar refractivity (Wildman–Crippen MR) is 40.7 cm³/mol. The van der Waals surface area contributed by atoms with Crippen molar-refractivity contribution in [2.75, 3.05) is 0 Å². The van der Waals surface area contributed by atoms with Crippen LogP contribution in [0.5, 0.6) is 0 Å². The Morgan fingerprint density at radius 1 is 1.70 bits per heavy atom. The molecule has 0 N–H and O–H groups in total. The molecule has 50 valence electrons. The van der Waals surface area contributed by atoms with Gasteiger partial charge in [-0.15, -0.1) is 0 Å². The zero-order valence-electron chi connectivity index (χ0n) is 5.95. The molecule has 2 aromatic rings. The van der Waals surface area contributed by atoms with Gasteiger partial charge in [0.25, 0.3) is 0 Å². The van der Waals surface area contributed by atoms with Gasteiger partial charge in [-0.1, -0.05) is 0 Å². The van der Waals surface area contributed by atoms with Crippen molar-refractivity contribution in [1.82, 2.24) is 14.6 Å². The summed E-state index contributed by atoms with van der Waals surface area (Å²) in [6.07, 6.45) is 1.89. The number of aromatic nitrogens is 3. The number of imidazole rings is 1. The van der Waals surface area contributed by atoms with Crippen LogP contribution in [0, 0.1) is 0 Å². The molecule has 0 atom stereocenters. The number of nitrogens with zero attached hydrogens (tertiary/aromatic N) is 3. The van der Waals surface area contributed by atoms with Crippen LogP contribution >= 0.6 is 15.9 Å². The molecule has 2 heterocycles. The average Bonchev–Trinajstić information content (AvgIpc) is 2.33. The third-order valence-corrected chi connectivity index (χ3v) is 1.73. The minimum Gasteiger partial charge on any atom is -0.234 e. The summed E-state index contributed by atoms with van der Waals surface area (Å²) < 4.78 is 9.57. The summed E-state index contributed by atoms with van der Waals surface area (Å²) in [7, 11) is 0. The molecule has 0 spiro atoms. The van der Waals surface area contributed by atoms with E-state index in [2.05, 4.69) is 26.0 Å². The normalized spacial score (nSPS) is 11.9. The zero-order valence-corrected chi connectivity index (χ0v) is 6.54. The number of hydrogen-bond donors (Lipinski definition) is 0. The average molecular weight is 199 g/mol. The largest absolute Gasteiger partial charge is 0.234 e. The second-order valence-corrected chi connectivity index (χ2v) is 2.63. The SMILES string of the molecule is [2H]c1ccc2ncc(Br)n2n1. The van der Waals surface area contributed by atoms with Crippen molar-refractivity contribution in [2.45, 2.75) is 0 Å². The fourth-order valence-electron chi connectivity index (χ4n) is 0.754. The number of hydrogen-bond acceptors (Lipinski definition) is 2. The van der Waals surface area contributed by atoms with E-state index in [1.54, 1.807) is 22.8 Å². The monoisotopic (exact) mass is 198 g/mol. The second kappa shape index (κ2) is 2.05. The van der Waals surface area contributed by atoms with Crippen LogP contribution in [0.1, 0.15) is 1.37 Å². The van der Waals surface area contributed by atoms with Crippen LogP contribution in [0.4, 0.5) is 0 Å². The van der Waals surface area contributed by atoms with Gasteiger partial charge < -0.3 is 0 Å². The molecule has 0 aliphatic carbocycles. The maximum absolute atomic E-state index is 7.23. The molecule has 2 aromatic heterocycles. The van der Waals surface area contributed by atoms with E-state index in [9.17, 15) is 0 Å². The van der Waals surface area contributed by atoms with E-state index in [1.807, 2.05) is 0 Å². The quantitative estimate of drug-likeness (QED) is 0.643. The molecular formula is C6H4BrN3. The first-order valence-corrected chi connectivity index (χ1v) is 3.53. The maximum atomic E-state index is 7.23. The molecular weight excluding hydrogens is 194 g/mol. The molecule has 0 saturated carbocycles. The molecule has 0 fully saturated rings. The summed E-state index contributed by atoms with van der Waals surface area (Å²) in [5, 5.41) is 3.91. The molecule has 0 aliphatic rings. The summed E-state index contributed by atoms with van der Waals surface area (Å²) in [4.78, 5) is 4.03. The van der Waals surface area contributed by atoms with Crippen LogP contribution in [0.2, 0.25) is 0 Å². The lowest BCUT2D eigenvalue weighted by atomic mass is 10.6. The first-order valence-electron chi connectivity index (χ1n) is 3.24. The molecule has 0 aliphatic heterocycles. The Balaban J connectivity index is 2.87. The van der Waals surface area contributed by atoms with Gasteiger partial charge in [-0.2, -0.15) is 5.10 Å². The standard InChI is InChI=1S/C6H4BrN3/c7-5-4-8-6-2-1-3-9-10(5)6/h1-4H/i3D. The van der Waals surface area contributed by atoms with E-state index in [4.69, 9.17) is 1.37 Å². The highest BCUT2D eigenvalue weighted by atomic mass is 79.9. The Morgan fingerprint density at radius 3 is 3.50 bits per heavy atom. The van der Waals surface area contributed by atoms with Gasteiger partial charge in [0.15, 0.2) is 5.65 Å². The molecule has 2 rings (SSSR count). The van der Waals surface area contributed by atoms with Gasteiger partial charge in [0, 0.05) is 6.17 Å². The van der Waals surface area contributed by atoms with E-state index < -0.39 is 0 Å². The van der Waals surface area contributed by atoms with Gasteiger partial charge in [-0.3, -0.25) is 0 Å². The predicted octanol–water partition coefficient (Wildman–Crippen LogP) is 1.49. The zero-order chi connectivity index (χ0) is 7.84. The summed E-state index contributed by atoms with van der Waals surface area (Å²) in [6.45, 7) is 0. The Morgan fingerprint density at radius 2 is 2.60 bits per heavy atom. The molecule has 0 unspecified atom stereocenters. The highest BCUT2D eigenvalue weighted by Gasteiger charge is 1.96. The summed E-state index contributed by atoms with van der Waals surface area (Å²) >= 11 is 3.26. The number of fused-ring (bicyclic) bond motifs is 1. The van der Waals surface area contributed by atoms with Crippen molar-refractivity contribution >= 4 is 21.6 Å². The molecule has 0 aromatic carbocycles. The van der Waals surface area contributed by atoms with Gasteiger partial charge in [0.2, 0.25) is 0 Å². The fourth-order valence-corrected chi connectivity index (χ4v) is 1.12. The highest BCUT2D eigenvalue weighted by molar-refractivity contribution is 9.10. The van der Waals surface area contributed by atoms with Gasteiger partial charge in [0.1, 0.15) is 4.60 Å². The number of halogens is 1. The minimum atomic E-state index is 0.233. The smallest absolute Gasteiger partial charge is 0.154 e. The van der Waals surface area contributed by atoms with E-state index in [-0.39, 0.29) is 6.17 Å². The van der Waals surface area contributed by atoms with Gasteiger partial charge in [-0.25, -0.2) is 9.50 Å².